The topological polar surface area (TPSA) is 269 Å². The molecule has 48 heavy (non-hydrogen) atoms. The van der Waals surface area contributed by atoms with E-state index in [9.17, 15) is 44.7 Å². The zero-order valence-corrected chi connectivity index (χ0v) is 29.0. The van der Waals surface area contributed by atoms with Gasteiger partial charge in [0.2, 0.25) is 0 Å². The smallest absolute Gasteiger partial charge is 0.480 e. The van der Waals surface area contributed by atoms with Gasteiger partial charge < -0.3 is 51.3 Å². The van der Waals surface area contributed by atoms with Crippen molar-refractivity contribution in [1.82, 2.24) is 15.1 Å². The second-order valence-corrected chi connectivity index (χ2v) is 12.8. The molecule has 16 nitrogen and oxygen atoms in total. The van der Waals surface area contributed by atoms with Crippen LogP contribution in [0.4, 0.5) is 0 Å². The average molecular weight is 735 g/mol. The Bertz CT molecular complexity index is 879. The Morgan fingerprint density at radius 3 is 1.29 bits per heavy atom. The number of carboxylic acids is 4. The van der Waals surface area contributed by atoms with E-state index >= 15 is 0 Å². The fourth-order valence-corrected chi connectivity index (χ4v) is 6.48. The van der Waals surface area contributed by atoms with E-state index < -0.39 is 80.1 Å². The zero-order chi connectivity index (χ0) is 35.5. The molecule has 0 amide bonds. The van der Waals surface area contributed by atoms with Crippen LogP contribution in [0.5, 0.6) is 0 Å². The van der Waals surface area contributed by atoms with E-state index in [2.05, 4.69) is 5.32 Å². The van der Waals surface area contributed by atoms with Crippen LogP contribution >= 0.6 is 0 Å². The Hall–Kier alpha value is -1.92. The predicted octanol–water partition coefficient (Wildman–Crippen LogP) is -0.754. The SMILES string of the molecule is CNC[C@H](O)[C@@H](O)[C@H](O)[C@H](O)CO.O=C(O)CN(CCN(CC(=O)O)[C@@H](CC1CCCCC1)C(=O)O)[C@@H](CC1CCCCC1)C(=O)O.[Mn+2]. The van der Waals surface area contributed by atoms with Crippen molar-refractivity contribution in [3.63, 3.8) is 0 Å². The molecule has 17 heteroatoms. The van der Waals surface area contributed by atoms with Crippen molar-refractivity contribution in [2.24, 2.45) is 11.8 Å². The maximum Gasteiger partial charge on any atom is 2.00 e. The van der Waals surface area contributed by atoms with E-state index in [1.54, 1.807) is 7.05 Å². The van der Waals surface area contributed by atoms with Crippen molar-refractivity contribution in [2.75, 3.05) is 46.4 Å². The molecule has 0 heterocycles. The summed E-state index contributed by atoms with van der Waals surface area (Å²) in [4.78, 5) is 49.9. The van der Waals surface area contributed by atoms with Gasteiger partial charge in [-0.05, 0) is 31.7 Å². The van der Waals surface area contributed by atoms with Gasteiger partial charge in [-0.1, -0.05) is 64.2 Å². The minimum Gasteiger partial charge on any atom is -0.480 e. The molecule has 0 spiro atoms. The van der Waals surface area contributed by atoms with E-state index in [4.69, 9.17) is 20.4 Å². The molecule has 0 bridgehead atoms. The minimum absolute atomic E-state index is 0. The summed E-state index contributed by atoms with van der Waals surface area (Å²) in [6.07, 6.45) is 5.06. The molecular formula is C31H57MnN3O13+2. The molecule has 2 rings (SSSR count). The van der Waals surface area contributed by atoms with Crippen LogP contribution in [0.15, 0.2) is 0 Å². The van der Waals surface area contributed by atoms with Crippen LogP contribution in [0.3, 0.4) is 0 Å². The number of carbonyl (C=O) groups is 4. The maximum atomic E-state index is 12.1. The van der Waals surface area contributed by atoms with E-state index in [0.29, 0.717) is 12.8 Å². The van der Waals surface area contributed by atoms with Gasteiger partial charge in [0.05, 0.1) is 25.8 Å². The van der Waals surface area contributed by atoms with Gasteiger partial charge in [0.15, 0.2) is 0 Å². The minimum atomic E-state index is -1.55. The molecule has 10 N–H and O–H groups in total. The number of carboxylic acid groups (broad SMARTS) is 4. The summed E-state index contributed by atoms with van der Waals surface area (Å²) in [5, 5.41) is 86.0. The average Bonchev–Trinajstić information content (AvgIpc) is 3.03. The molecule has 0 aromatic rings. The Labute approximate surface area is 292 Å². The molecule has 279 valence electrons. The van der Waals surface area contributed by atoms with Crippen molar-refractivity contribution in [2.45, 2.75) is 114 Å². The van der Waals surface area contributed by atoms with Crippen molar-refractivity contribution in [3.8, 4) is 0 Å². The first-order valence-corrected chi connectivity index (χ1v) is 16.6. The number of likely N-dealkylation sites (N-methyl/N-ethyl adjacent to an activating group) is 1. The second kappa shape index (κ2) is 25.1. The quantitative estimate of drug-likeness (QED) is 0.0650. The van der Waals surface area contributed by atoms with Crippen LogP contribution in [-0.4, -0.2) is 163 Å². The molecule has 0 unspecified atom stereocenters. The fraction of sp³-hybridized carbons (Fsp3) is 0.871. The third-order valence-corrected chi connectivity index (χ3v) is 9.10. The standard InChI is InChI=1S/C24H40N2O8.C7H17NO5.Mn/c27-21(28)15-25(19(23(31)32)13-17-7-3-1-4-8-17)11-12-26(16-22(29)30)20(24(33)34)14-18-9-5-2-6-10-18;1-8-2-4(10)6(12)7(13)5(11)3-9;/h17-20H,1-16H2,(H,27,28)(H,29,30)(H,31,32)(H,33,34);4-13H,2-3H2,1H3;/q;;+2/t19-,20-;4-,5+,6+,7+;/m00./s1. The van der Waals surface area contributed by atoms with Gasteiger partial charge in [-0.3, -0.25) is 29.0 Å². The summed E-state index contributed by atoms with van der Waals surface area (Å²) in [6.45, 7) is -1.62. The van der Waals surface area contributed by atoms with E-state index in [1.807, 2.05) is 0 Å². The van der Waals surface area contributed by atoms with Gasteiger partial charge in [0.1, 0.15) is 30.4 Å². The molecule has 2 aliphatic rings. The second-order valence-electron chi connectivity index (χ2n) is 12.8. The van der Waals surface area contributed by atoms with E-state index in [1.165, 1.54) is 9.80 Å². The monoisotopic (exact) mass is 734 g/mol. The van der Waals surface area contributed by atoms with Crippen LogP contribution in [0.2, 0.25) is 0 Å². The van der Waals surface area contributed by atoms with Crippen LogP contribution in [0.1, 0.15) is 77.0 Å². The van der Waals surface area contributed by atoms with E-state index in [0.717, 1.165) is 64.2 Å². The number of aliphatic carboxylic acids is 4. The van der Waals surface area contributed by atoms with E-state index in [-0.39, 0.29) is 48.5 Å². The fourth-order valence-electron chi connectivity index (χ4n) is 6.48. The number of nitrogens with zero attached hydrogens (tertiary/aromatic N) is 2. The van der Waals surface area contributed by atoms with Gasteiger partial charge in [-0.2, -0.15) is 0 Å². The van der Waals surface area contributed by atoms with Gasteiger partial charge >= 0.3 is 40.9 Å². The summed E-state index contributed by atoms with van der Waals surface area (Å²) >= 11 is 0. The van der Waals surface area contributed by atoms with Gasteiger partial charge in [-0.15, -0.1) is 0 Å². The van der Waals surface area contributed by atoms with Gasteiger partial charge in [0, 0.05) is 19.6 Å². The maximum absolute atomic E-state index is 12.1. The van der Waals surface area contributed by atoms with Crippen molar-refractivity contribution in [3.05, 3.63) is 0 Å². The Morgan fingerprint density at radius 2 is 1.00 bits per heavy atom. The first-order chi connectivity index (χ1) is 22.2. The van der Waals surface area contributed by atoms with Crippen LogP contribution in [0, 0.1) is 11.8 Å². The van der Waals surface area contributed by atoms with Crippen LogP contribution in [-0.2, 0) is 36.2 Å². The molecule has 0 aromatic carbocycles. The first-order valence-electron chi connectivity index (χ1n) is 16.6. The molecule has 2 aliphatic carbocycles. The van der Waals surface area contributed by atoms with Crippen molar-refractivity contribution < 1.29 is 82.2 Å². The summed E-state index contributed by atoms with van der Waals surface area (Å²) < 4.78 is 0. The van der Waals surface area contributed by atoms with Crippen molar-refractivity contribution in [1.29, 1.82) is 0 Å². The number of hydrogen-bond donors (Lipinski definition) is 10. The number of rotatable bonds is 21. The Morgan fingerprint density at radius 1 is 0.646 bits per heavy atom. The summed E-state index contributed by atoms with van der Waals surface area (Å²) in [7, 11) is 1.57. The van der Waals surface area contributed by atoms with Gasteiger partial charge in [0.25, 0.3) is 0 Å². The first kappa shape index (κ1) is 46.1. The third kappa shape index (κ3) is 17.7. The molecular weight excluding hydrogens is 677 g/mol. The number of hydrogen-bond acceptors (Lipinski definition) is 12. The predicted molar refractivity (Wildman–Crippen MR) is 169 cm³/mol. The number of nitrogens with one attached hydrogen (secondary N) is 1. The zero-order valence-electron chi connectivity index (χ0n) is 27.8. The molecule has 1 radical (unpaired) electrons. The van der Waals surface area contributed by atoms with Gasteiger partial charge in [-0.25, -0.2) is 0 Å². The molecule has 0 aromatic heterocycles. The van der Waals surface area contributed by atoms with Crippen LogP contribution in [0.25, 0.3) is 0 Å². The largest absolute Gasteiger partial charge is 2.00 e. The molecule has 0 saturated heterocycles. The number of aliphatic hydroxyl groups excluding tert-OH is 5. The summed E-state index contributed by atoms with van der Waals surface area (Å²) in [5.41, 5.74) is 0. The molecule has 6 atom stereocenters. The normalized spacial score (nSPS) is 19.6. The summed E-state index contributed by atoms with van der Waals surface area (Å²) in [5.74, 6) is -4.13. The number of aliphatic hydroxyl groups is 5. The molecule has 2 fully saturated rings. The Kier molecular flexibility index (Phi) is 24.1. The van der Waals surface area contributed by atoms with Crippen molar-refractivity contribution >= 4 is 23.9 Å². The molecule has 2 saturated carbocycles. The Balaban J connectivity index is 0.00000134. The summed E-state index contributed by atoms with van der Waals surface area (Å²) in [6, 6.07) is -2.01. The third-order valence-electron chi connectivity index (χ3n) is 9.10. The van der Waals surface area contributed by atoms with Crippen LogP contribution < -0.4 is 5.32 Å². The molecule has 0 aliphatic heterocycles.